The minimum Gasteiger partial charge on any atom is -0.398 e. The lowest BCUT2D eigenvalue weighted by atomic mass is 10.1. The molecule has 0 spiro atoms. The number of carbonyl (C=O) groups excluding carboxylic acids is 1. The molecule has 2 rings (SSSR count). The molecule has 2 aromatic rings. The highest BCUT2D eigenvalue weighted by molar-refractivity contribution is 5.93. The quantitative estimate of drug-likeness (QED) is 0.819. The molecule has 1 aromatic heterocycles. The maximum absolute atomic E-state index is 11.1. The second kappa shape index (κ2) is 5.14. The fourth-order valence-corrected chi connectivity index (χ4v) is 2.03. The van der Waals surface area contributed by atoms with Crippen molar-refractivity contribution < 1.29 is 4.79 Å². The Bertz CT molecular complexity index is 601. The Morgan fingerprint density at radius 2 is 2.16 bits per heavy atom. The summed E-state index contributed by atoms with van der Waals surface area (Å²) in [7, 11) is 0. The normalized spacial score (nSPS) is 10.9. The fourth-order valence-electron chi connectivity index (χ4n) is 2.03. The van der Waals surface area contributed by atoms with Crippen LogP contribution >= 0.6 is 0 Å². The van der Waals surface area contributed by atoms with Crippen LogP contribution in [-0.2, 0) is 6.54 Å². The first-order valence-electron chi connectivity index (χ1n) is 6.18. The molecule has 1 aromatic carbocycles. The van der Waals surface area contributed by atoms with Gasteiger partial charge in [0.05, 0.1) is 6.54 Å². The second-order valence-electron chi connectivity index (χ2n) is 4.85. The predicted molar refractivity (Wildman–Crippen MR) is 74.8 cm³/mol. The molecular formula is C14H18N4O. The molecule has 4 N–H and O–H groups in total. The Morgan fingerprint density at radius 1 is 1.42 bits per heavy atom. The molecule has 5 nitrogen and oxygen atoms in total. The van der Waals surface area contributed by atoms with Gasteiger partial charge in [0.25, 0.3) is 0 Å². The number of primary amides is 1. The van der Waals surface area contributed by atoms with E-state index >= 15 is 0 Å². The molecule has 0 bridgehead atoms. The van der Waals surface area contributed by atoms with E-state index in [1.807, 2.05) is 12.3 Å². The number of carbonyl (C=O) groups is 1. The molecule has 100 valence electrons. The Hall–Kier alpha value is -2.30. The minimum atomic E-state index is -0.469. The first-order chi connectivity index (χ1) is 8.99. The van der Waals surface area contributed by atoms with E-state index in [0.29, 0.717) is 23.7 Å². The largest absolute Gasteiger partial charge is 0.398 e. The second-order valence-corrected chi connectivity index (χ2v) is 4.85. The lowest BCUT2D eigenvalue weighted by Crippen LogP contribution is -2.13. The van der Waals surface area contributed by atoms with Crippen LogP contribution in [0.1, 0.15) is 41.5 Å². The number of rotatable bonds is 4. The van der Waals surface area contributed by atoms with E-state index in [2.05, 4.69) is 23.4 Å². The van der Waals surface area contributed by atoms with Gasteiger partial charge < -0.3 is 16.0 Å². The zero-order chi connectivity index (χ0) is 14.0. The number of hydrogen-bond donors (Lipinski definition) is 2. The molecule has 19 heavy (non-hydrogen) atoms. The Kier molecular flexibility index (Phi) is 3.55. The van der Waals surface area contributed by atoms with Gasteiger partial charge >= 0.3 is 0 Å². The van der Waals surface area contributed by atoms with Crippen LogP contribution in [0.3, 0.4) is 0 Å². The number of nitrogens with zero attached hydrogens (tertiary/aromatic N) is 2. The van der Waals surface area contributed by atoms with Crippen molar-refractivity contribution in [2.24, 2.45) is 5.73 Å². The number of nitrogens with two attached hydrogens (primary N) is 2. The summed E-state index contributed by atoms with van der Waals surface area (Å²) in [6, 6.07) is 5.14. The smallest absolute Gasteiger partial charge is 0.248 e. The van der Waals surface area contributed by atoms with Crippen LogP contribution in [0.25, 0.3) is 0 Å². The van der Waals surface area contributed by atoms with Crippen molar-refractivity contribution in [3.63, 3.8) is 0 Å². The number of anilines is 1. The molecule has 0 atom stereocenters. The molecular weight excluding hydrogens is 240 g/mol. The molecule has 0 saturated carbocycles. The van der Waals surface area contributed by atoms with Gasteiger partial charge in [-0.15, -0.1) is 0 Å². The molecule has 0 aliphatic heterocycles. The van der Waals surface area contributed by atoms with Crippen molar-refractivity contribution in [1.29, 1.82) is 0 Å². The van der Waals surface area contributed by atoms with E-state index < -0.39 is 5.91 Å². The monoisotopic (exact) mass is 258 g/mol. The third kappa shape index (κ3) is 2.76. The van der Waals surface area contributed by atoms with E-state index in [4.69, 9.17) is 11.5 Å². The maximum Gasteiger partial charge on any atom is 0.248 e. The Morgan fingerprint density at radius 3 is 2.74 bits per heavy atom. The minimum absolute atomic E-state index is 0.348. The lowest BCUT2D eigenvalue weighted by Gasteiger charge is -2.12. The van der Waals surface area contributed by atoms with Crippen molar-refractivity contribution >= 4 is 11.6 Å². The van der Waals surface area contributed by atoms with Crippen LogP contribution in [0.5, 0.6) is 0 Å². The molecule has 0 aliphatic rings. The van der Waals surface area contributed by atoms with Crippen LogP contribution in [0.4, 0.5) is 5.69 Å². The van der Waals surface area contributed by atoms with Crippen LogP contribution in [0.15, 0.2) is 30.6 Å². The zero-order valence-corrected chi connectivity index (χ0v) is 11.1. The summed E-state index contributed by atoms with van der Waals surface area (Å²) in [6.07, 6.45) is 3.71. The van der Waals surface area contributed by atoms with Crippen LogP contribution in [0, 0.1) is 0 Å². The molecule has 5 heteroatoms. The van der Waals surface area contributed by atoms with Gasteiger partial charge in [0.1, 0.15) is 5.82 Å². The topological polar surface area (TPSA) is 86.9 Å². The highest BCUT2D eigenvalue weighted by Crippen LogP contribution is 2.18. The number of benzene rings is 1. The first-order valence-corrected chi connectivity index (χ1v) is 6.18. The predicted octanol–water partition coefficient (Wildman–Crippen LogP) is 1.74. The molecule has 0 saturated heterocycles. The molecule has 0 unspecified atom stereocenters. The van der Waals surface area contributed by atoms with Crippen LogP contribution in [-0.4, -0.2) is 15.5 Å². The average Bonchev–Trinajstić information content (AvgIpc) is 2.79. The number of imidazole rings is 1. The van der Waals surface area contributed by atoms with Gasteiger partial charge in [0.15, 0.2) is 0 Å². The van der Waals surface area contributed by atoms with Crippen LogP contribution < -0.4 is 11.5 Å². The number of nitrogen functional groups attached to an aromatic ring is 1. The summed E-state index contributed by atoms with van der Waals surface area (Å²) in [5.41, 5.74) is 13.1. The van der Waals surface area contributed by atoms with Crippen LogP contribution in [0.2, 0.25) is 0 Å². The Balaban J connectivity index is 2.28. The van der Waals surface area contributed by atoms with Gasteiger partial charge in [-0.25, -0.2) is 4.98 Å². The standard InChI is InChI=1S/C14H18N4O/c1-9(2)14-17-5-6-18(14)8-11-4-3-10(13(16)19)7-12(11)15/h3-7,9H,8,15H2,1-2H3,(H2,16,19). The summed E-state index contributed by atoms with van der Waals surface area (Å²) in [5, 5.41) is 0. The van der Waals surface area contributed by atoms with Gasteiger partial charge in [0, 0.05) is 29.6 Å². The average molecular weight is 258 g/mol. The highest BCUT2D eigenvalue weighted by Gasteiger charge is 2.10. The van der Waals surface area contributed by atoms with Crippen molar-refractivity contribution in [2.45, 2.75) is 26.3 Å². The van der Waals surface area contributed by atoms with Crippen molar-refractivity contribution in [2.75, 3.05) is 5.73 Å². The molecule has 0 fully saturated rings. The maximum atomic E-state index is 11.1. The summed E-state index contributed by atoms with van der Waals surface area (Å²) >= 11 is 0. The molecule has 0 radical (unpaired) electrons. The summed E-state index contributed by atoms with van der Waals surface area (Å²) in [4.78, 5) is 15.4. The number of aromatic nitrogens is 2. The van der Waals surface area contributed by atoms with Gasteiger partial charge in [-0.05, 0) is 17.7 Å². The van der Waals surface area contributed by atoms with E-state index in [0.717, 1.165) is 11.4 Å². The van der Waals surface area contributed by atoms with Gasteiger partial charge in [-0.1, -0.05) is 19.9 Å². The molecule has 1 heterocycles. The molecule has 1 amide bonds. The number of amides is 1. The number of hydrogen-bond acceptors (Lipinski definition) is 3. The lowest BCUT2D eigenvalue weighted by molar-refractivity contribution is 0.100. The van der Waals surface area contributed by atoms with Crippen molar-refractivity contribution in [3.05, 3.63) is 47.5 Å². The summed E-state index contributed by atoms with van der Waals surface area (Å²) < 4.78 is 2.06. The SMILES string of the molecule is CC(C)c1nccn1Cc1ccc(C(N)=O)cc1N. The van der Waals surface area contributed by atoms with Gasteiger partial charge in [-0.3, -0.25) is 4.79 Å². The fraction of sp³-hybridized carbons (Fsp3) is 0.286. The summed E-state index contributed by atoms with van der Waals surface area (Å²) in [5.74, 6) is 0.892. The summed E-state index contributed by atoms with van der Waals surface area (Å²) in [6.45, 7) is 4.83. The van der Waals surface area contributed by atoms with Gasteiger partial charge in [0.2, 0.25) is 5.91 Å². The molecule has 0 aliphatic carbocycles. The third-order valence-electron chi connectivity index (χ3n) is 3.04. The third-order valence-corrected chi connectivity index (χ3v) is 3.04. The first kappa shape index (κ1) is 13.1. The van der Waals surface area contributed by atoms with Crippen molar-refractivity contribution in [3.8, 4) is 0 Å². The Labute approximate surface area is 112 Å². The zero-order valence-electron chi connectivity index (χ0n) is 11.1. The van der Waals surface area contributed by atoms with E-state index in [-0.39, 0.29) is 0 Å². The van der Waals surface area contributed by atoms with Crippen molar-refractivity contribution in [1.82, 2.24) is 9.55 Å². The van der Waals surface area contributed by atoms with Gasteiger partial charge in [-0.2, -0.15) is 0 Å². The highest BCUT2D eigenvalue weighted by atomic mass is 16.1. The van der Waals surface area contributed by atoms with E-state index in [9.17, 15) is 4.79 Å². The van der Waals surface area contributed by atoms with E-state index in [1.54, 1.807) is 18.3 Å². The van der Waals surface area contributed by atoms with E-state index in [1.165, 1.54) is 0 Å².